The number of pyridine rings is 1. The molecule has 0 bridgehead atoms. The van der Waals surface area contributed by atoms with Crippen LogP contribution in [0.2, 0.25) is 0 Å². The number of nitriles is 2. The molecule has 0 aliphatic carbocycles. The van der Waals surface area contributed by atoms with Crippen LogP contribution in [-0.4, -0.2) is 4.98 Å². The average molecular weight is 220 g/mol. The number of rotatable bonds is 1. The van der Waals surface area contributed by atoms with E-state index in [0.717, 1.165) is 5.56 Å². The van der Waals surface area contributed by atoms with Crippen molar-refractivity contribution >= 4 is 5.82 Å². The van der Waals surface area contributed by atoms with Gasteiger partial charge in [0.05, 0.1) is 5.56 Å². The normalized spacial score (nSPS) is 9.29. The first-order valence-corrected chi connectivity index (χ1v) is 4.92. The van der Waals surface area contributed by atoms with E-state index in [1.54, 1.807) is 6.07 Å². The predicted molar refractivity (Wildman–Crippen MR) is 63.5 cm³/mol. The lowest BCUT2D eigenvalue weighted by Gasteiger charge is -2.06. The molecule has 2 rings (SSSR count). The number of nitrogens with zero attached hydrogens (tertiary/aromatic N) is 3. The molecular weight excluding hydrogens is 212 g/mol. The molecule has 17 heavy (non-hydrogen) atoms. The number of hydrogen-bond acceptors (Lipinski definition) is 4. The van der Waals surface area contributed by atoms with Gasteiger partial charge in [-0.15, -0.1) is 0 Å². The van der Waals surface area contributed by atoms with Crippen LogP contribution in [0, 0.1) is 22.7 Å². The Balaban J connectivity index is 2.75. The Bertz CT molecular complexity index is 633. The smallest absolute Gasteiger partial charge is 0.161 e. The highest BCUT2D eigenvalue weighted by Gasteiger charge is 2.12. The van der Waals surface area contributed by atoms with Gasteiger partial charge in [-0.05, 0) is 11.6 Å². The van der Waals surface area contributed by atoms with Crippen LogP contribution in [0.25, 0.3) is 11.1 Å². The van der Waals surface area contributed by atoms with E-state index in [-0.39, 0.29) is 17.1 Å². The first-order valence-electron chi connectivity index (χ1n) is 4.92. The second kappa shape index (κ2) is 4.34. The van der Waals surface area contributed by atoms with Gasteiger partial charge in [-0.25, -0.2) is 4.98 Å². The van der Waals surface area contributed by atoms with E-state index in [1.807, 2.05) is 42.5 Å². The van der Waals surface area contributed by atoms with Crippen molar-refractivity contribution in [1.29, 1.82) is 10.5 Å². The van der Waals surface area contributed by atoms with Gasteiger partial charge in [-0.2, -0.15) is 10.5 Å². The highest BCUT2D eigenvalue weighted by molar-refractivity contribution is 5.74. The highest BCUT2D eigenvalue weighted by Crippen LogP contribution is 2.26. The molecule has 2 N–H and O–H groups in total. The summed E-state index contributed by atoms with van der Waals surface area (Å²) in [7, 11) is 0. The van der Waals surface area contributed by atoms with Crippen molar-refractivity contribution < 1.29 is 0 Å². The maximum Gasteiger partial charge on any atom is 0.161 e. The Hall–Kier alpha value is -2.85. The largest absolute Gasteiger partial charge is 0.384 e. The monoisotopic (exact) mass is 220 g/mol. The summed E-state index contributed by atoms with van der Waals surface area (Å²) >= 11 is 0. The summed E-state index contributed by atoms with van der Waals surface area (Å²) in [4.78, 5) is 3.84. The van der Waals surface area contributed by atoms with Gasteiger partial charge in [0.1, 0.15) is 18.0 Å². The van der Waals surface area contributed by atoms with Crippen LogP contribution < -0.4 is 5.73 Å². The number of hydrogen-bond donors (Lipinski definition) is 1. The fraction of sp³-hybridized carbons (Fsp3) is 0. The molecule has 4 heteroatoms. The minimum Gasteiger partial charge on any atom is -0.384 e. The lowest BCUT2D eigenvalue weighted by Crippen LogP contribution is -1.98. The molecule has 0 aliphatic heterocycles. The van der Waals surface area contributed by atoms with Gasteiger partial charge in [0.2, 0.25) is 0 Å². The molecule has 4 nitrogen and oxygen atoms in total. The first-order chi connectivity index (χ1) is 8.26. The molecule has 0 atom stereocenters. The molecular formula is C13H8N4. The SMILES string of the molecule is N#Cc1nc(N)cc(-c2ccccc2)c1C#N. The Morgan fingerprint density at radius 3 is 2.35 bits per heavy atom. The van der Waals surface area contributed by atoms with Gasteiger partial charge in [0.15, 0.2) is 5.69 Å². The Labute approximate surface area is 98.6 Å². The van der Waals surface area contributed by atoms with Crippen molar-refractivity contribution in [2.75, 3.05) is 5.73 Å². The summed E-state index contributed by atoms with van der Waals surface area (Å²) < 4.78 is 0. The van der Waals surface area contributed by atoms with E-state index in [9.17, 15) is 0 Å². The van der Waals surface area contributed by atoms with Gasteiger partial charge in [0.25, 0.3) is 0 Å². The molecule has 0 saturated carbocycles. The summed E-state index contributed by atoms with van der Waals surface area (Å²) in [6, 6.07) is 14.8. The zero-order chi connectivity index (χ0) is 12.3. The molecule has 0 unspecified atom stereocenters. The quantitative estimate of drug-likeness (QED) is 0.796. The van der Waals surface area contributed by atoms with E-state index in [2.05, 4.69) is 4.98 Å². The molecule has 0 fully saturated rings. The van der Waals surface area contributed by atoms with Crippen molar-refractivity contribution in [1.82, 2.24) is 4.98 Å². The van der Waals surface area contributed by atoms with E-state index in [1.165, 1.54) is 0 Å². The Kier molecular flexibility index (Phi) is 2.72. The maximum atomic E-state index is 9.10. The van der Waals surface area contributed by atoms with Crippen molar-refractivity contribution in [2.24, 2.45) is 0 Å². The standard InChI is InChI=1S/C13H8N4/c14-7-11-10(9-4-2-1-3-5-9)6-13(16)17-12(11)8-15/h1-6H,(H2,16,17). The first kappa shape index (κ1) is 10.7. The van der Waals surface area contributed by atoms with Crippen LogP contribution in [0.5, 0.6) is 0 Å². The maximum absolute atomic E-state index is 9.10. The third-order valence-electron chi connectivity index (χ3n) is 2.34. The fourth-order valence-corrected chi connectivity index (χ4v) is 1.60. The summed E-state index contributed by atoms with van der Waals surface area (Å²) in [5, 5.41) is 18.0. The number of anilines is 1. The van der Waals surface area contributed by atoms with Crippen molar-refractivity contribution in [3.05, 3.63) is 47.7 Å². The average Bonchev–Trinajstić information content (AvgIpc) is 2.38. The third-order valence-corrected chi connectivity index (χ3v) is 2.34. The second-order valence-corrected chi connectivity index (χ2v) is 3.41. The summed E-state index contributed by atoms with van der Waals surface area (Å²) in [5.41, 5.74) is 7.42. The topological polar surface area (TPSA) is 86.5 Å². The van der Waals surface area contributed by atoms with Crippen LogP contribution >= 0.6 is 0 Å². The van der Waals surface area contributed by atoms with E-state index < -0.39 is 0 Å². The summed E-state index contributed by atoms with van der Waals surface area (Å²) in [6.07, 6.45) is 0. The third kappa shape index (κ3) is 1.92. The molecule has 0 aliphatic rings. The fourth-order valence-electron chi connectivity index (χ4n) is 1.60. The van der Waals surface area contributed by atoms with Crippen LogP contribution in [0.4, 0.5) is 5.82 Å². The van der Waals surface area contributed by atoms with Gasteiger partial charge >= 0.3 is 0 Å². The Morgan fingerprint density at radius 1 is 1.06 bits per heavy atom. The molecule has 1 heterocycles. The Morgan fingerprint density at radius 2 is 1.76 bits per heavy atom. The number of nitrogens with two attached hydrogens (primary N) is 1. The van der Waals surface area contributed by atoms with Crippen molar-refractivity contribution in [3.63, 3.8) is 0 Å². The minimum absolute atomic E-state index is 0.0614. The second-order valence-electron chi connectivity index (χ2n) is 3.41. The van der Waals surface area contributed by atoms with Crippen molar-refractivity contribution in [2.45, 2.75) is 0 Å². The zero-order valence-electron chi connectivity index (χ0n) is 8.88. The lowest BCUT2D eigenvalue weighted by molar-refractivity contribution is 1.25. The molecule has 0 radical (unpaired) electrons. The van der Waals surface area contributed by atoms with E-state index in [4.69, 9.17) is 16.3 Å². The number of nitrogen functional groups attached to an aromatic ring is 1. The molecule has 80 valence electrons. The van der Waals surface area contributed by atoms with Crippen LogP contribution in [0.15, 0.2) is 36.4 Å². The minimum atomic E-state index is 0.0614. The van der Waals surface area contributed by atoms with Crippen LogP contribution in [-0.2, 0) is 0 Å². The molecule has 1 aromatic carbocycles. The van der Waals surface area contributed by atoms with E-state index >= 15 is 0 Å². The molecule has 1 aromatic heterocycles. The molecule has 0 spiro atoms. The van der Waals surface area contributed by atoms with E-state index in [0.29, 0.717) is 5.56 Å². The van der Waals surface area contributed by atoms with Crippen molar-refractivity contribution in [3.8, 4) is 23.3 Å². The van der Waals surface area contributed by atoms with Gasteiger partial charge in [-0.3, -0.25) is 0 Å². The van der Waals surface area contributed by atoms with Crippen LogP contribution in [0.3, 0.4) is 0 Å². The highest BCUT2D eigenvalue weighted by atomic mass is 14.8. The lowest BCUT2D eigenvalue weighted by atomic mass is 10.00. The molecule has 0 amide bonds. The van der Waals surface area contributed by atoms with Gasteiger partial charge < -0.3 is 5.73 Å². The number of aromatic nitrogens is 1. The zero-order valence-corrected chi connectivity index (χ0v) is 8.88. The predicted octanol–water partition coefficient (Wildman–Crippen LogP) is 2.07. The van der Waals surface area contributed by atoms with Gasteiger partial charge in [-0.1, -0.05) is 30.3 Å². The molecule has 2 aromatic rings. The summed E-state index contributed by atoms with van der Waals surface area (Å²) in [6.45, 7) is 0. The van der Waals surface area contributed by atoms with Gasteiger partial charge in [0, 0.05) is 5.56 Å². The molecule has 0 saturated heterocycles. The summed E-state index contributed by atoms with van der Waals surface area (Å²) in [5.74, 6) is 0.236. The van der Waals surface area contributed by atoms with Crippen LogP contribution in [0.1, 0.15) is 11.3 Å². The number of benzene rings is 1.